The van der Waals surface area contributed by atoms with Crippen LogP contribution in [-0.2, 0) is 0 Å². The Bertz CT molecular complexity index is 320. The monoisotopic (exact) mass is 155 g/mol. The maximum Gasteiger partial charge on any atom is 0.0786 e. The van der Waals surface area contributed by atoms with E-state index in [0.717, 1.165) is 5.69 Å². The predicted molar refractivity (Wildman–Crippen MR) is 44.1 cm³/mol. The Labute approximate surface area is 60.1 Å². The van der Waals surface area contributed by atoms with Gasteiger partial charge in [0.05, 0.1) is 15.1 Å². The van der Waals surface area contributed by atoms with Gasteiger partial charge in [-0.2, -0.15) is 0 Å². The van der Waals surface area contributed by atoms with E-state index in [1.165, 1.54) is 9.40 Å². The van der Waals surface area contributed by atoms with Crippen molar-refractivity contribution in [2.75, 3.05) is 5.73 Å². The molecule has 0 aliphatic carbocycles. The van der Waals surface area contributed by atoms with Gasteiger partial charge in [-0.3, -0.25) is 0 Å². The average molecular weight is 155 g/mol. The third-order valence-corrected chi connectivity index (χ3v) is 3.87. The zero-order valence-electron chi connectivity index (χ0n) is 4.63. The quantitative estimate of drug-likeness (QED) is 0.459. The lowest BCUT2D eigenvalue weighted by Gasteiger charge is -1.99. The molecule has 46 valence electrons. The van der Waals surface area contributed by atoms with Crippen LogP contribution in [0.1, 0.15) is 0 Å². The first-order valence-electron chi connectivity index (χ1n) is 2.61. The molecule has 2 aromatic rings. The lowest BCUT2D eigenvalue weighted by molar-refractivity contribution is 1.82. The van der Waals surface area contributed by atoms with Gasteiger partial charge in [-0.25, -0.2) is 0 Å². The van der Waals surface area contributed by atoms with Crippen LogP contribution < -0.4 is 5.73 Å². The Morgan fingerprint density at radius 3 is 2.56 bits per heavy atom. The molecule has 2 rings (SSSR count). The summed E-state index contributed by atoms with van der Waals surface area (Å²) in [7, 11) is 3.53. The summed E-state index contributed by atoms with van der Waals surface area (Å²) in [5.74, 6) is 0. The Kier molecular flexibility index (Phi) is 1.00. The van der Waals surface area contributed by atoms with Crippen LogP contribution in [-0.4, -0.2) is 0 Å². The van der Waals surface area contributed by atoms with Gasteiger partial charge in [0.25, 0.3) is 0 Å². The highest BCUT2D eigenvalue weighted by atomic mass is 32.9. The zero-order valence-corrected chi connectivity index (χ0v) is 6.26. The molecule has 0 atom stereocenters. The van der Waals surface area contributed by atoms with Crippen LogP contribution in [0, 0.1) is 0 Å². The molecule has 2 N–H and O–H groups in total. The normalized spacial score (nSPS) is 10.7. The number of benzene rings is 1. The number of fused-ring (bicyclic) bond motifs is 1. The fraction of sp³-hybridized carbons (Fsp3) is 0. The molecule has 0 fully saturated rings. The summed E-state index contributed by atoms with van der Waals surface area (Å²) in [6.45, 7) is 0. The van der Waals surface area contributed by atoms with Gasteiger partial charge >= 0.3 is 0 Å². The van der Waals surface area contributed by atoms with Crippen molar-refractivity contribution in [2.24, 2.45) is 0 Å². The lowest BCUT2D eigenvalue weighted by atomic mass is 10.3. The van der Waals surface area contributed by atoms with Crippen molar-refractivity contribution < 1.29 is 0 Å². The maximum atomic E-state index is 5.64. The minimum atomic E-state index is 0.913. The smallest absolute Gasteiger partial charge is 0.0786 e. The highest BCUT2D eigenvalue weighted by Crippen LogP contribution is 2.35. The van der Waals surface area contributed by atoms with Crippen LogP contribution in [0.25, 0.3) is 9.40 Å². The number of rotatable bonds is 0. The van der Waals surface area contributed by atoms with E-state index >= 15 is 0 Å². The first-order valence-corrected chi connectivity index (χ1v) is 4.76. The Balaban J connectivity index is 2.86. The van der Waals surface area contributed by atoms with Crippen LogP contribution in [0.5, 0.6) is 0 Å². The van der Waals surface area contributed by atoms with E-state index in [4.69, 9.17) is 5.73 Å². The summed E-state index contributed by atoms with van der Waals surface area (Å²) in [6.07, 6.45) is 0. The highest BCUT2D eigenvalue weighted by Gasteiger charge is 1.99. The first-order chi connectivity index (χ1) is 4.38. The van der Waals surface area contributed by atoms with Crippen molar-refractivity contribution in [3.63, 3.8) is 0 Å². The second kappa shape index (κ2) is 1.72. The van der Waals surface area contributed by atoms with E-state index in [-0.39, 0.29) is 0 Å². The minimum Gasteiger partial charge on any atom is -0.398 e. The number of nitrogens with two attached hydrogens (primary N) is 1. The summed E-state index contributed by atoms with van der Waals surface area (Å²) in [4.78, 5) is 0. The first kappa shape index (κ1) is 5.26. The fourth-order valence-corrected chi connectivity index (χ4v) is 2.73. The van der Waals surface area contributed by atoms with Gasteiger partial charge in [0.1, 0.15) is 0 Å². The third-order valence-electron chi connectivity index (χ3n) is 1.22. The molecule has 0 aliphatic rings. The average Bonchev–Trinajstić information content (AvgIpc) is 1.74. The topological polar surface area (TPSA) is 26.0 Å². The molecule has 0 unspecified atom stereocenters. The Hall–Kier alpha value is -0.540. The van der Waals surface area contributed by atoms with Gasteiger partial charge in [0.2, 0.25) is 0 Å². The summed E-state index contributed by atoms with van der Waals surface area (Å²) in [5, 5.41) is 0. The zero-order chi connectivity index (χ0) is 6.27. The molecule has 1 heterocycles. The number of hydrogen-bond donors (Lipinski definition) is 1. The second-order valence-corrected chi connectivity index (χ2v) is 4.02. The summed E-state index contributed by atoms with van der Waals surface area (Å²) >= 11 is 0. The lowest BCUT2D eigenvalue weighted by Crippen LogP contribution is -1.83. The van der Waals surface area contributed by atoms with Gasteiger partial charge in [0.15, 0.2) is 0 Å². The Morgan fingerprint density at radius 2 is 2.11 bits per heavy atom. The number of hydrogen-bond acceptors (Lipinski definition) is 3. The maximum absolute atomic E-state index is 5.64. The molecule has 0 bridgehead atoms. The molecule has 9 heavy (non-hydrogen) atoms. The molecule has 0 saturated heterocycles. The van der Waals surface area contributed by atoms with Crippen molar-refractivity contribution in [2.45, 2.75) is 0 Å². The molecule has 0 saturated carbocycles. The van der Waals surface area contributed by atoms with Gasteiger partial charge in [-0.1, -0.05) is 26.7 Å². The van der Waals surface area contributed by atoms with Crippen molar-refractivity contribution in [3.8, 4) is 0 Å². The fourth-order valence-electron chi connectivity index (χ4n) is 0.740. The summed E-state index contributed by atoms with van der Waals surface area (Å²) in [5.41, 5.74) is 6.55. The molecule has 0 amide bonds. The predicted octanol–water partition coefficient (Wildman–Crippen LogP) is 2.55. The Morgan fingerprint density at radius 1 is 1.22 bits per heavy atom. The van der Waals surface area contributed by atoms with Crippen molar-refractivity contribution >= 4 is 35.8 Å². The molecule has 1 nitrogen and oxygen atoms in total. The SMILES string of the molecule is Nc1cccc2ssc12. The summed E-state index contributed by atoms with van der Waals surface area (Å²) < 4.78 is 2.57. The molecular formula is C6H5NS2. The van der Waals surface area contributed by atoms with Crippen molar-refractivity contribution in [3.05, 3.63) is 18.2 Å². The molecule has 0 spiro atoms. The van der Waals surface area contributed by atoms with E-state index in [0.29, 0.717) is 0 Å². The van der Waals surface area contributed by atoms with Gasteiger partial charge < -0.3 is 5.73 Å². The third kappa shape index (κ3) is 0.653. The largest absolute Gasteiger partial charge is 0.398 e. The molecule has 1 aromatic carbocycles. The molecule has 0 aliphatic heterocycles. The van der Waals surface area contributed by atoms with E-state index < -0.39 is 0 Å². The van der Waals surface area contributed by atoms with Crippen LogP contribution in [0.2, 0.25) is 0 Å². The van der Waals surface area contributed by atoms with Crippen molar-refractivity contribution in [1.29, 1.82) is 0 Å². The number of nitrogen functional groups attached to an aromatic ring is 1. The van der Waals surface area contributed by atoms with Crippen LogP contribution >= 0.6 is 20.7 Å². The van der Waals surface area contributed by atoms with Crippen LogP contribution in [0.3, 0.4) is 0 Å². The molecule has 3 heteroatoms. The summed E-state index contributed by atoms with van der Waals surface area (Å²) in [6, 6.07) is 6.01. The van der Waals surface area contributed by atoms with Crippen molar-refractivity contribution in [1.82, 2.24) is 0 Å². The van der Waals surface area contributed by atoms with Gasteiger partial charge in [0, 0.05) is 0 Å². The van der Waals surface area contributed by atoms with E-state index in [2.05, 4.69) is 6.07 Å². The van der Waals surface area contributed by atoms with E-state index in [1.54, 1.807) is 20.7 Å². The molecule has 1 aromatic heterocycles. The van der Waals surface area contributed by atoms with E-state index in [9.17, 15) is 0 Å². The second-order valence-electron chi connectivity index (χ2n) is 1.84. The number of anilines is 1. The standard InChI is InChI=1S/C6H5NS2/c7-4-2-1-3-5-6(4)9-8-5/h1-3H,7H2. The molecular weight excluding hydrogens is 150 g/mol. The van der Waals surface area contributed by atoms with Crippen LogP contribution in [0.15, 0.2) is 18.2 Å². The van der Waals surface area contributed by atoms with Gasteiger partial charge in [-0.15, -0.1) is 0 Å². The minimum absolute atomic E-state index is 0.913. The van der Waals surface area contributed by atoms with E-state index in [1.807, 2.05) is 12.1 Å². The highest BCUT2D eigenvalue weighted by molar-refractivity contribution is 7.78. The molecule has 0 radical (unpaired) electrons. The van der Waals surface area contributed by atoms with Crippen LogP contribution in [0.4, 0.5) is 5.69 Å². The van der Waals surface area contributed by atoms with Gasteiger partial charge in [-0.05, 0) is 12.1 Å².